The lowest BCUT2D eigenvalue weighted by atomic mass is 9.99. The van der Waals surface area contributed by atoms with Gasteiger partial charge in [-0.3, -0.25) is 0 Å². The quantitative estimate of drug-likeness (QED) is 0.447. The summed E-state index contributed by atoms with van der Waals surface area (Å²) in [6.45, 7) is 0. The van der Waals surface area contributed by atoms with E-state index >= 15 is 0 Å². The van der Waals surface area contributed by atoms with Crippen molar-refractivity contribution < 1.29 is 9.90 Å². The summed E-state index contributed by atoms with van der Waals surface area (Å²) in [5, 5.41) is 10.4. The summed E-state index contributed by atoms with van der Waals surface area (Å²) in [6, 6.07) is 9.79. The Labute approximate surface area is 183 Å². The number of nitrogens with zero attached hydrogens (tertiary/aromatic N) is 3. The van der Waals surface area contributed by atoms with Gasteiger partial charge in [0.15, 0.2) is 17.5 Å². The number of hydrogen-bond acceptors (Lipinski definition) is 4. The third kappa shape index (κ3) is 4.34. The van der Waals surface area contributed by atoms with Crippen molar-refractivity contribution in [2.45, 2.75) is 7.59 Å². The first-order valence-electron chi connectivity index (χ1n) is 7.14. The van der Waals surface area contributed by atoms with Crippen molar-refractivity contribution in [1.29, 1.82) is 0 Å². The molecule has 0 amide bonds. The number of carboxylic acids is 1. The molecule has 3 rings (SSSR count). The van der Waals surface area contributed by atoms with E-state index in [2.05, 4.69) is 15.0 Å². The fraction of sp³-hybridized carbons (Fsp3) is 0.125. The Morgan fingerprint density at radius 1 is 0.778 bits per heavy atom. The maximum Gasteiger partial charge on any atom is 0.336 e. The molecule has 0 bridgehead atoms. The van der Waals surface area contributed by atoms with Crippen LogP contribution >= 0.6 is 69.6 Å². The van der Waals surface area contributed by atoms with Crippen LogP contribution in [0.15, 0.2) is 36.4 Å². The number of benzene rings is 2. The van der Waals surface area contributed by atoms with Crippen LogP contribution in [0.3, 0.4) is 0 Å². The predicted octanol–water partition coefficient (Wildman–Crippen LogP) is 6.04. The number of carboxylic acid groups (broad SMARTS) is 1. The minimum absolute atomic E-state index is 0.0702. The summed E-state index contributed by atoms with van der Waals surface area (Å²) in [5.74, 6) is -1.46. The highest BCUT2D eigenvalue weighted by Crippen LogP contribution is 2.41. The van der Waals surface area contributed by atoms with Gasteiger partial charge in [-0.25, -0.2) is 19.7 Å². The molecule has 0 saturated heterocycles. The number of aromatic nitrogens is 3. The van der Waals surface area contributed by atoms with Crippen molar-refractivity contribution in [1.82, 2.24) is 15.0 Å². The number of alkyl halides is 6. The number of carbonyl (C=O) groups is 1. The second-order valence-corrected chi connectivity index (χ2v) is 9.88. The van der Waals surface area contributed by atoms with Crippen LogP contribution in [-0.2, 0) is 7.59 Å². The molecule has 0 spiro atoms. The van der Waals surface area contributed by atoms with E-state index in [0.29, 0.717) is 16.3 Å². The van der Waals surface area contributed by atoms with Crippen LogP contribution in [0.5, 0.6) is 0 Å². The van der Waals surface area contributed by atoms with E-state index in [-0.39, 0.29) is 23.0 Å². The first kappa shape index (κ1) is 20.6. The van der Waals surface area contributed by atoms with Crippen LogP contribution in [0, 0.1) is 0 Å². The number of aromatic carboxylic acids is 1. The smallest absolute Gasteiger partial charge is 0.336 e. The molecule has 0 aliphatic heterocycles. The van der Waals surface area contributed by atoms with Crippen molar-refractivity contribution in [3.05, 3.63) is 53.6 Å². The van der Waals surface area contributed by atoms with Crippen LogP contribution in [0.25, 0.3) is 22.2 Å². The highest BCUT2D eigenvalue weighted by atomic mass is 35.6. The first-order valence-corrected chi connectivity index (χ1v) is 9.41. The van der Waals surface area contributed by atoms with Crippen LogP contribution in [-0.4, -0.2) is 26.0 Å². The highest BCUT2D eigenvalue weighted by Gasteiger charge is 2.34. The van der Waals surface area contributed by atoms with Gasteiger partial charge in [0.1, 0.15) is 0 Å². The average molecular weight is 486 g/mol. The lowest BCUT2D eigenvalue weighted by molar-refractivity contribution is 0.0699. The Hall–Kier alpha value is -1.08. The van der Waals surface area contributed by atoms with Crippen LogP contribution in [0.1, 0.15) is 22.0 Å². The van der Waals surface area contributed by atoms with Gasteiger partial charge in [0.25, 0.3) is 0 Å². The Kier molecular flexibility index (Phi) is 5.65. The van der Waals surface area contributed by atoms with E-state index in [0.717, 1.165) is 0 Å². The third-order valence-electron chi connectivity index (χ3n) is 3.54. The molecule has 0 aliphatic carbocycles. The molecule has 0 saturated carbocycles. The number of halogens is 6. The van der Waals surface area contributed by atoms with Gasteiger partial charge in [-0.15, -0.1) is 0 Å². The lowest BCUT2D eigenvalue weighted by Gasteiger charge is -2.16. The van der Waals surface area contributed by atoms with E-state index < -0.39 is 13.6 Å². The third-order valence-corrected chi connectivity index (χ3v) is 4.55. The maximum absolute atomic E-state index is 11.5. The summed E-state index contributed by atoms with van der Waals surface area (Å²) in [4.78, 5) is 23.8. The highest BCUT2D eigenvalue weighted by molar-refractivity contribution is 6.67. The molecule has 0 atom stereocenters. The van der Waals surface area contributed by atoms with E-state index in [9.17, 15) is 9.90 Å². The zero-order valence-electron chi connectivity index (χ0n) is 12.9. The standard InChI is InChI=1S/C16H7Cl6N3O2/c17-15(18,19)13-23-11(24-14(25-13)16(20,21)22)9-5-6-10(12(26)27)8-4-2-1-3-7(8)9/h1-6H,(H,26,27). The zero-order chi connectivity index (χ0) is 20.0. The number of fused-ring (bicyclic) bond motifs is 1. The molecule has 140 valence electrons. The molecule has 0 fully saturated rings. The Morgan fingerprint density at radius 3 is 1.78 bits per heavy atom. The maximum atomic E-state index is 11.5. The molecule has 1 aromatic heterocycles. The minimum Gasteiger partial charge on any atom is -0.478 e. The van der Waals surface area contributed by atoms with Crippen LogP contribution in [0.2, 0.25) is 0 Å². The molecule has 2 aromatic carbocycles. The molecule has 1 N–H and O–H groups in total. The molecule has 3 aromatic rings. The minimum atomic E-state index is -1.99. The lowest BCUT2D eigenvalue weighted by Crippen LogP contribution is -2.17. The van der Waals surface area contributed by atoms with Crippen molar-refractivity contribution >= 4 is 86.3 Å². The summed E-state index contributed by atoms with van der Waals surface area (Å²) >= 11 is 35.4. The predicted molar refractivity (Wildman–Crippen MR) is 108 cm³/mol. The zero-order valence-corrected chi connectivity index (χ0v) is 17.5. The molecule has 1 heterocycles. The molecule has 5 nitrogen and oxygen atoms in total. The van der Waals surface area contributed by atoms with Gasteiger partial charge in [-0.05, 0) is 22.9 Å². The monoisotopic (exact) mass is 483 g/mol. The van der Waals surface area contributed by atoms with Crippen molar-refractivity contribution in [3.8, 4) is 11.4 Å². The second-order valence-electron chi connectivity index (χ2n) is 5.31. The van der Waals surface area contributed by atoms with Crippen LogP contribution in [0.4, 0.5) is 0 Å². The Balaban J connectivity index is 2.34. The van der Waals surface area contributed by atoms with Crippen molar-refractivity contribution in [2.24, 2.45) is 0 Å². The molecular weight excluding hydrogens is 479 g/mol. The van der Waals surface area contributed by atoms with Gasteiger partial charge in [0.2, 0.25) is 7.59 Å². The fourth-order valence-electron chi connectivity index (χ4n) is 2.43. The molecule has 0 unspecified atom stereocenters. The average Bonchev–Trinajstić information content (AvgIpc) is 2.58. The topological polar surface area (TPSA) is 76.0 Å². The fourth-order valence-corrected chi connectivity index (χ4v) is 2.94. The van der Waals surface area contributed by atoms with E-state index in [1.807, 2.05) is 0 Å². The Bertz CT molecular complexity index is 1010. The summed E-state index contributed by atoms with van der Waals surface area (Å²) in [6.07, 6.45) is 0. The largest absolute Gasteiger partial charge is 0.478 e. The molecular formula is C16H7Cl6N3O2. The van der Waals surface area contributed by atoms with Crippen LogP contribution < -0.4 is 0 Å². The Morgan fingerprint density at radius 2 is 1.30 bits per heavy atom. The van der Waals surface area contributed by atoms with Gasteiger partial charge < -0.3 is 5.11 Å². The second kappa shape index (κ2) is 7.39. The number of hydrogen-bond donors (Lipinski definition) is 1. The summed E-state index contributed by atoms with van der Waals surface area (Å²) < 4.78 is -3.97. The molecule has 0 aliphatic rings. The van der Waals surface area contributed by atoms with Gasteiger partial charge >= 0.3 is 5.97 Å². The van der Waals surface area contributed by atoms with E-state index in [4.69, 9.17) is 69.6 Å². The SMILES string of the molecule is O=C(O)c1ccc(-c2nc(C(Cl)(Cl)Cl)nc(C(Cl)(Cl)Cl)n2)c2ccccc12. The summed E-state index contributed by atoms with van der Waals surface area (Å²) in [5.41, 5.74) is 0.579. The molecule has 27 heavy (non-hydrogen) atoms. The van der Waals surface area contributed by atoms with Crippen molar-refractivity contribution in [3.63, 3.8) is 0 Å². The van der Waals surface area contributed by atoms with Gasteiger partial charge in [-0.2, -0.15) is 0 Å². The van der Waals surface area contributed by atoms with Gasteiger partial charge in [0.05, 0.1) is 5.56 Å². The molecule has 0 radical (unpaired) electrons. The molecule has 11 heteroatoms. The van der Waals surface area contributed by atoms with Gasteiger partial charge in [-0.1, -0.05) is 93.9 Å². The number of rotatable bonds is 2. The van der Waals surface area contributed by atoms with E-state index in [1.165, 1.54) is 12.1 Å². The first-order chi connectivity index (χ1) is 12.5. The normalized spacial score (nSPS) is 12.4. The van der Waals surface area contributed by atoms with Gasteiger partial charge in [0, 0.05) is 5.56 Å². The van der Waals surface area contributed by atoms with Crippen molar-refractivity contribution in [2.75, 3.05) is 0 Å². The van der Waals surface area contributed by atoms with E-state index in [1.54, 1.807) is 24.3 Å². The summed E-state index contributed by atoms with van der Waals surface area (Å²) in [7, 11) is 0.